The fourth-order valence-electron chi connectivity index (χ4n) is 2.76. The molecule has 0 fully saturated rings. The Morgan fingerprint density at radius 2 is 1.80 bits per heavy atom. The molecule has 1 amide bonds. The van der Waals surface area contributed by atoms with E-state index in [4.69, 9.17) is 10.8 Å². The van der Waals surface area contributed by atoms with E-state index in [1.54, 1.807) is 24.3 Å². The molecule has 0 aliphatic carbocycles. The van der Waals surface area contributed by atoms with Crippen molar-refractivity contribution in [2.75, 3.05) is 19.7 Å². The molecular formula is C23H27N3O4. The van der Waals surface area contributed by atoms with Gasteiger partial charge in [-0.2, -0.15) is 0 Å². The Morgan fingerprint density at radius 1 is 1.10 bits per heavy atom. The number of aliphatic hydroxyl groups is 2. The number of Topliss-reactive ketones (excluding diaryl/α,β-unsaturated/α-hetero) is 1. The Kier molecular flexibility index (Phi) is 9.19. The number of hydrogen-bond donors (Lipinski definition) is 5. The number of nitrogens with one attached hydrogen (secondary N) is 2. The fraction of sp³-hybridized carbons (Fsp3) is 0.304. The number of rotatable bonds is 9. The van der Waals surface area contributed by atoms with E-state index in [-0.39, 0.29) is 0 Å². The second kappa shape index (κ2) is 11.9. The van der Waals surface area contributed by atoms with Crippen LogP contribution in [0.1, 0.15) is 34.0 Å². The third kappa shape index (κ3) is 6.79. The van der Waals surface area contributed by atoms with Gasteiger partial charge in [-0.1, -0.05) is 30.0 Å². The molecule has 0 aromatic heterocycles. The van der Waals surface area contributed by atoms with Gasteiger partial charge in [0.15, 0.2) is 5.78 Å². The van der Waals surface area contributed by atoms with E-state index in [1.165, 1.54) is 6.92 Å². The molecule has 2 aromatic rings. The van der Waals surface area contributed by atoms with Crippen molar-refractivity contribution in [1.29, 1.82) is 0 Å². The molecule has 158 valence electrons. The second-order valence-electron chi connectivity index (χ2n) is 6.77. The average Bonchev–Trinajstić information content (AvgIpc) is 2.76. The quantitative estimate of drug-likeness (QED) is 0.297. The molecule has 2 rings (SSSR count). The van der Waals surface area contributed by atoms with Crippen LogP contribution in [-0.4, -0.2) is 53.7 Å². The number of benzene rings is 2. The van der Waals surface area contributed by atoms with Gasteiger partial charge in [0.25, 0.3) is 5.91 Å². The van der Waals surface area contributed by atoms with Gasteiger partial charge in [-0.3, -0.25) is 9.59 Å². The molecule has 0 bridgehead atoms. The highest BCUT2D eigenvalue weighted by molar-refractivity contribution is 5.98. The first-order valence-corrected chi connectivity index (χ1v) is 9.69. The molecule has 0 saturated carbocycles. The topological polar surface area (TPSA) is 125 Å². The largest absolute Gasteiger partial charge is 0.391 e. The van der Waals surface area contributed by atoms with Gasteiger partial charge in [0.1, 0.15) is 12.6 Å². The van der Waals surface area contributed by atoms with Gasteiger partial charge in [-0.15, -0.1) is 0 Å². The summed E-state index contributed by atoms with van der Waals surface area (Å²) in [6.07, 6.45) is -1.11. The van der Waals surface area contributed by atoms with Crippen LogP contribution >= 0.6 is 0 Å². The number of nitrogens with two attached hydrogens (primary N) is 1. The summed E-state index contributed by atoms with van der Waals surface area (Å²) in [4.78, 5) is 24.0. The number of hydrogen-bond acceptors (Lipinski definition) is 6. The van der Waals surface area contributed by atoms with Gasteiger partial charge in [0.05, 0.1) is 6.10 Å². The highest BCUT2D eigenvalue weighted by Crippen LogP contribution is 2.09. The summed E-state index contributed by atoms with van der Waals surface area (Å²) in [5.41, 5.74) is 8.54. The molecule has 2 aromatic carbocycles. The zero-order chi connectivity index (χ0) is 21.9. The zero-order valence-electron chi connectivity index (χ0n) is 16.9. The number of aliphatic hydroxyl groups excluding tert-OH is 2. The monoisotopic (exact) mass is 409 g/mol. The minimum Gasteiger partial charge on any atom is -0.391 e. The minimum absolute atomic E-state index is 0.323. The maximum absolute atomic E-state index is 12.3. The molecule has 7 nitrogen and oxygen atoms in total. The molecule has 0 saturated heterocycles. The minimum atomic E-state index is -1.16. The average molecular weight is 409 g/mol. The van der Waals surface area contributed by atoms with Crippen LogP contribution in [0.4, 0.5) is 0 Å². The summed E-state index contributed by atoms with van der Waals surface area (Å²) in [5.74, 6) is 5.06. The molecule has 0 aliphatic heterocycles. The van der Waals surface area contributed by atoms with Crippen LogP contribution in [0.3, 0.4) is 0 Å². The van der Waals surface area contributed by atoms with Crippen LogP contribution in [0.5, 0.6) is 0 Å². The van der Waals surface area contributed by atoms with E-state index >= 15 is 0 Å². The van der Waals surface area contributed by atoms with Crippen molar-refractivity contribution in [3.05, 3.63) is 70.8 Å². The lowest BCUT2D eigenvalue weighted by atomic mass is 10.1. The summed E-state index contributed by atoms with van der Waals surface area (Å²) in [6, 6.07) is 13.3. The summed E-state index contributed by atoms with van der Waals surface area (Å²) in [6.45, 7) is 2.59. The third-order valence-electron chi connectivity index (χ3n) is 4.41. The lowest BCUT2D eigenvalue weighted by molar-refractivity contribution is -0.125. The van der Waals surface area contributed by atoms with Gasteiger partial charge in [-0.05, 0) is 42.8 Å². The molecule has 2 atom stereocenters. The zero-order valence-corrected chi connectivity index (χ0v) is 16.9. The lowest BCUT2D eigenvalue weighted by Crippen LogP contribution is -2.48. The van der Waals surface area contributed by atoms with Crippen LogP contribution in [0.15, 0.2) is 48.5 Å². The smallest absolute Gasteiger partial charge is 0.251 e. The number of carbonyl (C=O) groups excluding carboxylic acids is 2. The third-order valence-corrected chi connectivity index (χ3v) is 4.41. The molecule has 7 heteroatoms. The standard InChI is InChI=1S/C23H27N3O4/c1-16(28)22(21(29)15-27)26-23(30)19-10-7-17(8-11-19)6-9-18-4-2-3-5-20(18)14-25-13-12-24/h2-5,7-8,10-11,16,22,25,27-28H,12-15,24H2,1H3,(H,26,30)/t16-,22+/m1/s1. The predicted octanol–water partition coefficient (Wildman–Crippen LogP) is 0.175. The predicted molar refractivity (Wildman–Crippen MR) is 115 cm³/mol. The molecule has 6 N–H and O–H groups in total. The second-order valence-corrected chi connectivity index (χ2v) is 6.77. The van der Waals surface area contributed by atoms with Crippen molar-refractivity contribution in [3.8, 4) is 11.8 Å². The normalized spacial score (nSPS) is 12.4. The number of ketones is 1. The summed E-state index contributed by atoms with van der Waals surface area (Å²) < 4.78 is 0. The lowest BCUT2D eigenvalue weighted by Gasteiger charge is -2.19. The molecular weight excluding hydrogens is 382 g/mol. The molecule has 0 aliphatic rings. The maximum Gasteiger partial charge on any atom is 0.251 e. The first-order chi connectivity index (χ1) is 14.5. The first-order valence-electron chi connectivity index (χ1n) is 9.69. The first kappa shape index (κ1) is 23.3. The van der Waals surface area contributed by atoms with Crippen LogP contribution in [0, 0.1) is 11.8 Å². The van der Waals surface area contributed by atoms with Crippen LogP contribution in [0.2, 0.25) is 0 Å². The highest BCUT2D eigenvalue weighted by Gasteiger charge is 2.25. The van der Waals surface area contributed by atoms with E-state index in [0.717, 1.165) is 23.2 Å². The summed E-state index contributed by atoms with van der Waals surface area (Å²) in [7, 11) is 0. The fourth-order valence-corrected chi connectivity index (χ4v) is 2.76. The summed E-state index contributed by atoms with van der Waals surface area (Å²) in [5, 5.41) is 24.3. The van der Waals surface area contributed by atoms with E-state index in [2.05, 4.69) is 22.5 Å². The number of amides is 1. The Bertz CT molecular complexity index is 914. The van der Waals surface area contributed by atoms with Crippen molar-refractivity contribution < 1.29 is 19.8 Å². The van der Waals surface area contributed by atoms with E-state index in [1.807, 2.05) is 24.3 Å². The molecule has 0 spiro atoms. The van der Waals surface area contributed by atoms with Gasteiger partial charge < -0.3 is 26.6 Å². The van der Waals surface area contributed by atoms with Crippen LogP contribution in [-0.2, 0) is 11.3 Å². The van der Waals surface area contributed by atoms with Crippen molar-refractivity contribution in [2.45, 2.75) is 25.6 Å². The van der Waals surface area contributed by atoms with Gasteiger partial charge in [0, 0.05) is 36.3 Å². The van der Waals surface area contributed by atoms with Crippen LogP contribution in [0.25, 0.3) is 0 Å². The maximum atomic E-state index is 12.3. The van der Waals surface area contributed by atoms with E-state index in [0.29, 0.717) is 18.7 Å². The van der Waals surface area contributed by atoms with Crippen molar-refractivity contribution in [3.63, 3.8) is 0 Å². The molecule has 0 heterocycles. The van der Waals surface area contributed by atoms with Crippen molar-refractivity contribution in [1.82, 2.24) is 10.6 Å². The SMILES string of the molecule is C[C@@H](O)[C@H](NC(=O)c1ccc(C#Cc2ccccc2CNCCN)cc1)C(=O)CO. The van der Waals surface area contributed by atoms with Gasteiger partial charge in [0.2, 0.25) is 0 Å². The summed E-state index contributed by atoms with van der Waals surface area (Å²) >= 11 is 0. The number of carbonyl (C=O) groups is 2. The van der Waals surface area contributed by atoms with Gasteiger partial charge >= 0.3 is 0 Å². The molecule has 30 heavy (non-hydrogen) atoms. The highest BCUT2D eigenvalue weighted by atomic mass is 16.3. The molecule has 0 radical (unpaired) electrons. The Hall–Kier alpha value is -3.02. The van der Waals surface area contributed by atoms with Crippen molar-refractivity contribution in [2.24, 2.45) is 5.73 Å². The van der Waals surface area contributed by atoms with Gasteiger partial charge in [-0.25, -0.2) is 0 Å². The Balaban J connectivity index is 2.09. The molecule has 0 unspecified atom stereocenters. The van der Waals surface area contributed by atoms with Crippen LogP contribution < -0.4 is 16.4 Å². The van der Waals surface area contributed by atoms with E-state index in [9.17, 15) is 14.7 Å². The Labute approximate surface area is 176 Å². The van der Waals surface area contributed by atoms with Crippen molar-refractivity contribution >= 4 is 11.7 Å². The Morgan fingerprint density at radius 3 is 2.43 bits per heavy atom. The van der Waals surface area contributed by atoms with E-state index < -0.39 is 30.4 Å².